The van der Waals surface area contributed by atoms with Crippen molar-refractivity contribution in [2.75, 3.05) is 0 Å². The van der Waals surface area contributed by atoms with Gasteiger partial charge in [0.15, 0.2) is 0 Å². The van der Waals surface area contributed by atoms with E-state index in [1.54, 1.807) is 11.3 Å². The molecule has 0 bridgehead atoms. The lowest BCUT2D eigenvalue weighted by Gasteiger charge is -2.11. The highest BCUT2D eigenvalue weighted by Crippen LogP contribution is 2.32. The smallest absolute Gasteiger partial charge is 0.0409 e. The maximum absolute atomic E-state index is 6.12. The minimum absolute atomic E-state index is 0.723. The predicted molar refractivity (Wildman–Crippen MR) is 79.4 cm³/mol. The SMILES string of the molecule is Cc1sccc1-c1ccc(Cl)cc1CNC1CC1. The number of thiophene rings is 1. The van der Waals surface area contributed by atoms with Crippen molar-refractivity contribution in [2.45, 2.75) is 32.4 Å². The van der Waals surface area contributed by atoms with E-state index in [9.17, 15) is 0 Å². The summed E-state index contributed by atoms with van der Waals surface area (Å²) in [4.78, 5) is 1.37. The van der Waals surface area contributed by atoms with Gasteiger partial charge in [-0.15, -0.1) is 11.3 Å². The van der Waals surface area contributed by atoms with Gasteiger partial charge in [-0.05, 0) is 60.0 Å². The molecule has 0 atom stereocenters. The normalized spacial score (nSPS) is 15.0. The lowest BCUT2D eigenvalue weighted by molar-refractivity contribution is 0.689. The highest BCUT2D eigenvalue weighted by molar-refractivity contribution is 7.10. The monoisotopic (exact) mass is 277 g/mol. The number of halogens is 1. The van der Waals surface area contributed by atoms with Crippen molar-refractivity contribution in [1.82, 2.24) is 5.32 Å². The molecule has 18 heavy (non-hydrogen) atoms. The molecule has 1 aliphatic carbocycles. The van der Waals surface area contributed by atoms with Gasteiger partial charge in [-0.3, -0.25) is 0 Å². The number of hydrogen-bond acceptors (Lipinski definition) is 2. The van der Waals surface area contributed by atoms with Crippen LogP contribution < -0.4 is 5.32 Å². The summed E-state index contributed by atoms with van der Waals surface area (Å²) >= 11 is 7.92. The molecular formula is C15H16ClNS. The third-order valence-corrected chi connectivity index (χ3v) is 4.46. The van der Waals surface area contributed by atoms with Crippen LogP contribution in [0.2, 0.25) is 5.02 Å². The molecule has 1 N–H and O–H groups in total. The van der Waals surface area contributed by atoms with E-state index in [-0.39, 0.29) is 0 Å². The maximum Gasteiger partial charge on any atom is 0.0409 e. The van der Waals surface area contributed by atoms with Gasteiger partial charge >= 0.3 is 0 Å². The first-order valence-electron chi connectivity index (χ1n) is 6.30. The second-order valence-electron chi connectivity index (χ2n) is 4.85. The van der Waals surface area contributed by atoms with Crippen LogP contribution in [-0.4, -0.2) is 6.04 Å². The average Bonchev–Trinajstić information content (AvgIpc) is 3.09. The van der Waals surface area contributed by atoms with Crippen molar-refractivity contribution >= 4 is 22.9 Å². The van der Waals surface area contributed by atoms with Gasteiger partial charge in [0.1, 0.15) is 0 Å². The molecule has 0 unspecified atom stereocenters. The fourth-order valence-electron chi connectivity index (χ4n) is 2.18. The van der Waals surface area contributed by atoms with Crippen molar-refractivity contribution in [3.05, 3.63) is 45.1 Å². The van der Waals surface area contributed by atoms with E-state index in [0.29, 0.717) is 0 Å². The minimum atomic E-state index is 0.723. The first-order valence-corrected chi connectivity index (χ1v) is 7.56. The highest BCUT2D eigenvalue weighted by Gasteiger charge is 2.20. The molecule has 94 valence electrons. The van der Waals surface area contributed by atoms with Crippen molar-refractivity contribution in [3.63, 3.8) is 0 Å². The molecule has 0 saturated heterocycles. The summed E-state index contributed by atoms with van der Waals surface area (Å²) in [6.07, 6.45) is 2.63. The number of hydrogen-bond donors (Lipinski definition) is 1. The van der Waals surface area contributed by atoms with Gasteiger partial charge in [0.2, 0.25) is 0 Å². The maximum atomic E-state index is 6.12. The third kappa shape index (κ3) is 2.61. The Balaban J connectivity index is 1.94. The van der Waals surface area contributed by atoms with E-state index in [2.05, 4.69) is 35.8 Å². The van der Waals surface area contributed by atoms with Gasteiger partial charge < -0.3 is 5.32 Å². The quantitative estimate of drug-likeness (QED) is 0.859. The van der Waals surface area contributed by atoms with E-state index in [1.165, 1.54) is 34.4 Å². The molecular weight excluding hydrogens is 262 g/mol. The molecule has 1 heterocycles. The zero-order valence-electron chi connectivity index (χ0n) is 10.4. The average molecular weight is 278 g/mol. The molecule has 1 fully saturated rings. The second-order valence-corrected chi connectivity index (χ2v) is 6.40. The number of aryl methyl sites for hydroxylation is 1. The molecule has 0 amide bonds. The Morgan fingerprint density at radius 2 is 2.11 bits per heavy atom. The van der Waals surface area contributed by atoms with Gasteiger partial charge in [-0.25, -0.2) is 0 Å². The molecule has 1 saturated carbocycles. The molecule has 1 aliphatic rings. The lowest BCUT2D eigenvalue weighted by atomic mass is 10.0. The zero-order valence-corrected chi connectivity index (χ0v) is 11.9. The number of rotatable bonds is 4. The summed E-state index contributed by atoms with van der Waals surface area (Å²) in [5, 5.41) is 6.54. The van der Waals surface area contributed by atoms with Crippen molar-refractivity contribution < 1.29 is 0 Å². The van der Waals surface area contributed by atoms with Crippen LogP contribution >= 0.6 is 22.9 Å². The highest BCUT2D eigenvalue weighted by atomic mass is 35.5. The Morgan fingerprint density at radius 1 is 1.28 bits per heavy atom. The van der Waals surface area contributed by atoms with Crippen LogP contribution in [0.4, 0.5) is 0 Å². The van der Waals surface area contributed by atoms with E-state index >= 15 is 0 Å². The topological polar surface area (TPSA) is 12.0 Å². The zero-order chi connectivity index (χ0) is 12.5. The van der Waals surface area contributed by atoms with Crippen LogP contribution in [0.5, 0.6) is 0 Å². The fraction of sp³-hybridized carbons (Fsp3) is 0.333. The summed E-state index contributed by atoms with van der Waals surface area (Å²) in [6, 6.07) is 9.13. The van der Waals surface area contributed by atoms with Crippen LogP contribution in [0.3, 0.4) is 0 Å². The molecule has 0 spiro atoms. The van der Waals surface area contributed by atoms with Crippen molar-refractivity contribution in [3.8, 4) is 11.1 Å². The third-order valence-electron chi connectivity index (χ3n) is 3.37. The van der Waals surface area contributed by atoms with E-state index in [1.807, 2.05) is 6.07 Å². The Kier molecular flexibility index (Phi) is 3.42. The summed E-state index contributed by atoms with van der Waals surface area (Å²) < 4.78 is 0. The first kappa shape index (κ1) is 12.2. The van der Waals surface area contributed by atoms with Crippen LogP contribution in [0.1, 0.15) is 23.3 Å². The summed E-state index contributed by atoms with van der Waals surface area (Å²) in [7, 11) is 0. The van der Waals surface area contributed by atoms with Crippen LogP contribution in [-0.2, 0) is 6.54 Å². The molecule has 3 rings (SSSR count). The Morgan fingerprint density at radius 3 is 2.78 bits per heavy atom. The Labute approximate surface area is 117 Å². The summed E-state index contributed by atoms with van der Waals surface area (Å²) in [5.74, 6) is 0. The van der Waals surface area contributed by atoms with E-state index < -0.39 is 0 Å². The van der Waals surface area contributed by atoms with E-state index in [4.69, 9.17) is 11.6 Å². The lowest BCUT2D eigenvalue weighted by Crippen LogP contribution is -2.15. The molecule has 1 aromatic heterocycles. The van der Waals surface area contributed by atoms with Crippen LogP contribution in [0, 0.1) is 6.92 Å². The second kappa shape index (κ2) is 5.04. The molecule has 0 radical (unpaired) electrons. The van der Waals surface area contributed by atoms with Crippen LogP contribution in [0.25, 0.3) is 11.1 Å². The fourth-order valence-corrected chi connectivity index (χ4v) is 3.09. The Hall–Kier alpha value is -0.830. The Bertz CT molecular complexity index is 557. The molecule has 1 nitrogen and oxygen atoms in total. The predicted octanol–water partition coefficient (Wildman–Crippen LogP) is 4.63. The van der Waals surface area contributed by atoms with Crippen molar-refractivity contribution in [1.29, 1.82) is 0 Å². The number of nitrogens with one attached hydrogen (secondary N) is 1. The van der Waals surface area contributed by atoms with Gasteiger partial charge in [-0.1, -0.05) is 17.7 Å². The molecule has 0 aliphatic heterocycles. The van der Waals surface area contributed by atoms with E-state index in [0.717, 1.165) is 17.6 Å². The van der Waals surface area contributed by atoms with Gasteiger partial charge in [0, 0.05) is 22.5 Å². The minimum Gasteiger partial charge on any atom is -0.310 e. The van der Waals surface area contributed by atoms with Gasteiger partial charge in [0.25, 0.3) is 0 Å². The molecule has 1 aromatic carbocycles. The first-order chi connectivity index (χ1) is 8.74. The summed E-state index contributed by atoms with van der Waals surface area (Å²) in [5.41, 5.74) is 3.95. The van der Waals surface area contributed by atoms with Crippen molar-refractivity contribution in [2.24, 2.45) is 0 Å². The summed E-state index contributed by atoms with van der Waals surface area (Å²) in [6.45, 7) is 3.09. The van der Waals surface area contributed by atoms with Gasteiger partial charge in [0.05, 0.1) is 0 Å². The van der Waals surface area contributed by atoms with Gasteiger partial charge in [-0.2, -0.15) is 0 Å². The standard InChI is InChI=1S/C15H16ClNS/c1-10-14(6-7-18-10)15-5-2-12(16)8-11(15)9-17-13-3-4-13/h2,5-8,13,17H,3-4,9H2,1H3. The van der Waals surface area contributed by atoms with Crippen LogP contribution in [0.15, 0.2) is 29.6 Å². The molecule has 3 heteroatoms. The number of benzene rings is 1. The largest absolute Gasteiger partial charge is 0.310 e. The molecule has 2 aromatic rings.